The molecule has 0 fully saturated rings. The topological polar surface area (TPSA) is 100 Å². The molecule has 1 aromatic heterocycles. The predicted octanol–water partition coefficient (Wildman–Crippen LogP) is 2.73. The van der Waals surface area contributed by atoms with Gasteiger partial charge in [-0.3, -0.25) is 9.36 Å². The predicted molar refractivity (Wildman–Crippen MR) is 92.0 cm³/mol. The monoisotopic (exact) mass is 323 g/mol. The Labute approximate surface area is 138 Å². The first-order valence-corrected chi connectivity index (χ1v) is 7.49. The maximum atomic E-state index is 11.8. The second-order valence-electron chi connectivity index (χ2n) is 5.28. The molecular formula is C18H17N3O3. The van der Waals surface area contributed by atoms with E-state index in [9.17, 15) is 9.59 Å². The van der Waals surface area contributed by atoms with Crippen molar-refractivity contribution < 1.29 is 14.3 Å². The van der Waals surface area contributed by atoms with Crippen molar-refractivity contribution in [2.75, 3.05) is 6.61 Å². The zero-order valence-corrected chi connectivity index (χ0v) is 13.2. The standard InChI is InChI=1S/C18H17N3O3/c1-2-24-15-5-3-4-14-16(15)13(10-21(14)18(20)23)11-6-8-12(9-7-11)17(19)22/h3-10H,2H2,1H3,(H2,19,22)(H2,20,23). The number of carbonyl (C=O) groups is 2. The molecule has 24 heavy (non-hydrogen) atoms. The fourth-order valence-corrected chi connectivity index (χ4v) is 2.75. The average Bonchev–Trinajstić information content (AvgIpc) is 2.96. The number of carbonyl (C=O) groups excluding carboxylic acids is 2. The number of aromatic nitrogens is 1. The quantitative estimate of drug-likeness (QED) is 0.772. The fraction of sp³-hybridized carbons (Fsp3) is 0.111. The average molecular weight is 323 g/mol. The highest BCUT2D eigenvalue weighted by atomic mass is 16.5. The minimum absolute atomic E-state index is 0.419. The van der Waals surface area contributed by atoms with Crippen LogP contribution in [0.1, 0.15) is 17.3 Å². The van der Waals surface area contributed by atoms with Crippen LogP contribution in [0, 0.1) is 0 Å². The van der Waals surface area contributed by atoms with Crippen LogP contribution in [0.25, 0.3) is 22.0 Å². The number of primary amides is 2. The van der Waals surface area contributed by atoms with E-state index in [2.05, 4.69) is 0 Å². The van der Waals surface area contributed by atoms with Gasteiger partial charge < -0.3 is 16.2 Å². The van der Waals surface area contributed by atoms with Gasteiger partial charge in [-0.05, 0) is 36.8 Å². The van der Waals surface area contributed by atoms with Gasteiger partial charge in [0.25, 0.3) is 0 Å². The van der Waals surface area contributed by atoms with Crippen molar-refractivity contribution >= 4 is 22.8 Å². The van der Waals surface area contributed by atoms with Crippen LogP contribution in [0.15, 0.2) is 48.7 Å². The number of benzene rings is 2. The maximum Gasteiger partial charge on any atom is 0.323 e. The van der Waals surface area contributed by atoms with Crippen LogP contribution in [-0.4, -0.2) is 23.1 Å². The van der Waals surface area contributed by atoms with Gasteiger partial charge in [-0.2, -0.15) is 0 Å². The summed E-state index contributed by atoms with van der Waals surface area (Å²) in [6.45, 7) is 2.39. The summed E-state index contributed by atoms with van der Waals surface area (Å²) in [5.74, 6) is 0.181. The van der Waals surface area contributed by atoms with Crippen molar-refractivity contribution in [3.8, 4) is 16.9 Å². The fourth-order valence-electron chi connectivity index (χ4n) is 2.75. The molecule has 2 amide bonds. The van der Waals surface area contributed by atoms with Gasteiger partial charge in [-0.25, -0.2) is 4.79 Å². The van der Waals surface area contributed by atoms with E-state index in [-0.39, 0.29) is 0 Å². The highest BCUT2D eigenvalue weighted by molar-refractivity contribution is 6.05. The van der Waals surface area contributed by atoms with Crippen LogP contribution in [0.2, 0.25) is 0 Å². The minimum atomic E-state index is -0.575. The van der Waals surface area contributed by atoms with Crippen LogP contribution >= 0.6 is 0 Å². The van der Waals surface area contributed by atoms with E-state index in [4.69, 9.17) is 16.2 Å². The summed E-state index contributed by atoms with van der Waals surface area (Å²) in [6.07, 6.45) is 1.68. The Kier molecular flexibility index (Phi) is 3.95. The third kappa shape index (κ3) is 2.58. The zero-order chi connectivity index (χ0) is 17.3. The number of fused-ring (bicyclic) bond motifs is 1. The lowest BCUT2D eigenvalue weighted by Gasteiger charge is -2.07. The van der Waals surface area contributed by atoms with Gasteiger partial charge in [0.2, 0.25) is 5.91 Å². The van der Waals surface area contributed by atoms with E-state index in [1.165, 1.54) is 4.57 Å². The molecule has 0 aliphatic rings. The van der Waals surface area contributed by atoms with Gasteiger partial charge in [0, 0.05) is 17.3 Å². The van der Waals surface area contributed by atoms with Crippen molar-refractivity contribution in [3.05, 3.63) is 54.2 Å². The Morgan fingerprint density at radius 3 is 2.38 bits per heavy atom. The number of hydrogen-bond acceptors (Lipinski definition) is 3. The zero-order valence-electron chi connectivity index (χ0n) is 13.2. The normalized spacial score (nSPS) is 10.7. The lowest BCUT2D eigenvalue weighted by molar-refractivity contribution is 0.100. The Balaban J connectivity index is 2.26. The molecule has 3 aromatic rings. The van der Waals surface area contributed by atoms with Gasteiger partial charge in [-0.15, -0.1) is 0 Å². The molecule has 6 nitrogen and oxygen atoms in total. The molecule has 2 aromatic carbocycles. The van der Waals surface area contributed by atoms with Gasteiger partial charge in [0.1, 0.15) is 5.75 Å². The van der Waals surface area contributed by atoms with Crippen molar-refractivity contribution in [1.29, 1.82) is 0 Å². The number of amides is 2. The number of nitrogens with two attached hydrogens (primary N) is 2. The number of nitrogens with zero attached hydrogens (tertiary/aromatic N) is 1. The lowest BCUT2D eigenvalue weighted by Crippen LogP contribution is -2.18. The highest BCUT2D eigenvalue weighted by Gasteiger charge is 2.17. The Hall–Kier alpha value is -3.28. The summed E-state index contributed by atoms with van der Waals surface area (Å²) in [7, 11) is 0. The second kappa shape index (κ2) is 6.08. The lowest BCUT2D eigenvalue weighted by atomic mass is 10.0. The smallest absolute Gasteiger partial charge is 0.323 e. The Morgan fingerprint density at radius 2 is 1.79 bits per heavy atom. The molecule has 122 valence electrons. The largest absolute Gasteiger partial charge is 0.493 e. The molecule has 0 saturated heterocycles. The van der Waals surface area contributed by atoms with Crippen LogP contribution in [-0.2, 0) is 0 Å². The summed E-state index contributed by atoms with van der Waals surface area (Å²) in [4.78, 5) is 23.0. The van der Waals surface area contributed by atoms with E-state index in [1.54, 1.807) is 30.5 Å². The third-order valence-electron chi connectivity index (χ3n) is 3.81. The number of hydrogen-bond donors (Lipinski definition) is 2. The SMILES string of the molecule is CCOc1cccc2c1c(-c1ccc(C(N)=O)cc1)cn2C(N)=O. The molecule has 0 unspecified atom stereocenters. The van der Waals surface area contributed by atoms with Gasteiger partial charge in [-0.1, -0.05) is 18.2 Å². The van der Waals surface area contributed by atoms with E-state index in [0.29, 0.717) is 23.4 Å². The Bertz CT molecular complexity index is 927. The van der Waals surface area contributed by atoms with Crippen LogP contribution in [0.3, 0.4) is 0 Å². The minimum Gasteiger partial charge on any atom is -0.493 e. The van der Waals surface area contributed by atoms with E-state index in [1.807, 2.05) is 25.1 Å². The molecule has 1 heterocycles. The Morgan fingerprint density at radius 1 is 1.08 bits per heavy atom. The molecule has 0 radical (unpaired) electrons. The molecule has 4 N–H and O–H groups in total. The van der Waals surface area contributed by atoms with Crippen LogP contribution in [0.4, 0.5) is 4.79 Å². The summed E-state index contributed by atoms with van der Waals surface area (Å²) in [5, 5.41) is 0.796. The molecule has 0 aliphatic carbocycles. The van der Waals surface area contributed by atoms with Gasteiger partial charge >= 0.3 is 6.03 Å². The summed E-state index contributed by atoms with van der Waals surface area (Å²) < 4.78 is 7.08. The summed E-state index contributed by atoms with van der Waals surface area (Å²) >= 11 is 0. The molecule has 3 rings (SSSR count). The molecule has 0 saturated carbocycles. The van der Waals surface area contributed by atoms with Crippen molar-refractivity contribution in [1.82, 2.24) is 4.57 Å². The third-order valence-corrected chi connectivity index (χ3v) is 3.81. The van der Waals surface area contributed by atoms with Gasteiger partial charge in [0.05, 0.1) is 17.5 Å². The van der Waals surface area contributed by atoms with Gasteiger partial charge in [0.15, 0.2) is 0 Å². The van der Waals surface area contributed by atoms with Crippen LogP contribution in [0.5, 0.6) is 5.75 Å². The van der Waals surface area contributed by atoms with E-state index < -0.39 is 11.9 Å². The molecule has 0 atom stereocenters. The maximum absolute atomic E-state index is 11.8. The highest BCUT2D eigenvalue weighted by Crippen LogP contribution is 2.37. The molecule has 0 bridgehead atoms. The van der Waals surface area contributed by atoms with Crippen molar-refractivity contribution in [2.45, 2.75) is 6.92 Å². The van der Waals surface area contributed by atoms with Crippen molar-refractivity contribution in [2.24, 2.45) is 11.5 Å². The summed E-state index contributed by atoms with van der Waals surface area (Å²) in [5.41, 5.74) is 13.5. The first-order valence-electron chi connectivity index (χ1n) is 7.49. The molecular weight excluding hydrogens is 306 g/mol. The first kappa shape index (κ1) is 15.6. The van der Waals surface area contributed by atoms with E-state index in [0.717, 1.165) is 16.5 Å². The van der Waals surface area contributed by atoms with E-state index >= 15 is 0 Å². The molecule has 0 aliphatic heterocycles. The van der Waals surface area contributed by atoms with Crippen LogP contribution < -0.4 is 16.2 Å². The number of rotatable bonds is 4. The van der Waals surface area contributed by atoms with Crippen molar-refractivity contribution in [3.63, 3.8) is 0 Å². The molecule has 0 spiro atoms. The number of ether oxygens (including phenoxy) is 1. The summed E-state index contributed by atoms with van der Waals surface area (Å²) in [6, 6.07) is 11.7. The molecule has 6 heteroatoms. The second-order valence-corrected chi connectivity index (χ2v) is 5.28. The first-order chi connectivity index (χ1) is 11.5.